The fourth-order valence-corrected chi connectivity index (χ4v) is 3.36. The molecule has 1 N–H and O–H groups in total. The first-order valence-corrected chi connectivity index (χ1v) is 8.24. The molecule has 0 spiro atoms. The van der Waals surface area contributed by atoms with E-state index in [1.54, 1.807) is 0 Å². The third-order valence-corrected chi connectivity index (χ3v) is 4.90. The third-order valence-electron chi connectivity index (χ3n) is 4.90. The Morgan fingerprint density at radius 1 is 1.04 bits per heavy atom. The molecular formula is C20H19N2NaO3. The van der Waals surface area contributed by atoms with Crippen molar-refractivity contribution in [2.45, 2.75) is 25.7 Å². The summed E-state index contributed by atoms with van der Waals surface area (Å²) in [7, 11) is 0. The van der Waals surface area contributed by atoms with E-state index in [2.05, 4.69) is 10.3 Å². The summed E-state index contributed by atoms with van der Waals surface area (Å²) in [5.41, 5.74) is 0.508. The van der Waals surface area contributed by atoms with Crippen LogP contribution < -0.4 is 40.0 Å². The van der Waals surface area contributed by atoms with Crippen molar-refractivity contribution in [1.29, 1.82) is 0 Å². The SMILES string of the molecule is CC(c1ccccc1)C1(CCc2ccccc2)C(=O)N=C([O-])NC1=O.[Na+]. The molecule has 1 aliphatic heterocycles. The van der Waals surface area contributed by atoms with E-state index >= 15 is 0 Å². The van der Waals surface area contributed by atoms with Crippen molar-refractivity contribution in [3.63, 3.8) is 0 Å². The van der Waals surface area contributed by atoms with Gasteiger partial charge < -0.3 is 10.4 Å². The number of nitrogens with zero attached hydrogens (tertiary/aromatic N) is 1. The average molecular weight is 358 g/mol. The molecule has 5 nitrogen and oxygen atoms in total. The molecule has 0 saturated carbocycles. The molecule has 6 heteroatoms. The van der Waals surface area contributed by atoms with Gasteiger partial charge in [0.1, 0.15) is 5.41 Å². The fourth-order valence-electron chi connectivity index (χ4n) is 3.36. The van der Waals surface area contributed by atoms with E-state index in [-0.39, 0.29) is 36.0 Å². The van der Waals surface area contributed by atoms with Crippen molar-refractivity contribution in [3.05, 3.63) is 71.8 Å². The van der Waals surface area contributed by atoms with Gasteiger partial charge in [0.05, 0.1) is 6.02 Å². The molecule has 0 aliphatic carbocycles. The summed E-state index contributed by atoms with van der Waals surface area (Å²) >= 11 is 0. The summed E-state index contributed by atoms with van der Waals surface area (Å²) in [6, 6.07) is 18.1. The zero-order valence-corrected chi connectivity index (χ0v) is 16.9. The first kappa shape index (κ1) is 20.4. The van der Waals surface area contributed by atoms with Crippen LogP contribution in [0, 0.1) is 5.41 Å². The number of amidine groups is 1. The van der Waals surface area contributed by atoms with E-state index in [1.165, 1.54) is 0 Å². The quantitative estimate of drug-likeness (QED) is 0.538. The Hall–Kier alpha value is -1.95. The molecule has 26 heavy (non-hydrogen) atoms. The number of carbonyl (C=O) groups excluding carboxylic acids is 2. The van der Waals surface area contributed by atoms with Crippen molar-refractivity contribution in [1.82, 2.24) is 5.32 Å². The number of aryl methyl sites for hydroxylation is 1. The first-order valence-electron chi connectivity index (χ1n) is 8.24. The molecule has 0 fully saturated rings. The Kier molecular flexibility index (Phi) is 6.75. The molecule has 2 aromatic carbocycles. The fraction of sp³-hybridized carbons (Fsp3) is 0.250. The van der Waals surface area contributed by atoms with Crippen LogP contribution in [0.3, 0.4) is 0 Å². The van der Waals surface area contributed by atoms with Crippen LogP contribution in [0.1, 0.15) is 30.4 Å². The summed E-state index contributed by atoms with van der Waals surface area (Å²) in [6.07, 6.45) is 0.829. The van der Waals surface area contributed by atoms with Crippen LogP contribution in [0.15, 0.2) is 65.7 Å². The Morgan fingerprint density at radius 3 is 2.19 bits per heavy atom. The topological polar surface area (TPSA) is 81.6 Å². The van der Waals surface area contributed by atoms with Gasteiger partial charge in [-0.1, -0.05) is 67.6 Å². The van der Waals surface area contributed by atoms with Gasteiger partial charge >= 0.3 is 29.6 Å². The van der Waals surface area contributed by atoms with Gasteiger partial charge in [0, 0.05) is 5.92 Å². The van der Waals surface area contributed by atoms with Gasteiger partial charge in [0.15, 0.2) is 0 Å². The van der Waals surface area contributed by atoms with Crippen LogP contribution in [0.2, 0.25) is 0 Å². The van der Waals surface area contributed by atoms with Gasteiger partial charge in [-0.25, -0.2) is 4.99 Å². The minimum Gasteiger partial charge on any atom is -0.846 e. The molecule has 128 valence electrons. The smallest absolute Gasteiger partial charge is 0.846 e. The maximum Gasteiger partial charge on any atom is 1.00 e. The van der Waals surface area contributed by atoms with Crippen molar-refractivity contribution in [2.75, 3.05) is 0 Å². The zero-order valence-electron chi connectivity index (χ0n) is 14.9. The predicted octanol–water partition coefficient (Wildman–Crippen LogP) is -1.21. The summed E-state index contributed by atoms with van der Waals surface area (Å²) in [4.78, 5) is 29.0. The standard InChI is InChI=1S/C20H20N2O3.Na/c1-14(16-10-6-3-7-11-16)20(13-12-15-8-4-2-5-9-15)17(23)21-19(25)22-18(20)24;/h2-11,14H,12-13H2,1H3,(H2,21,22,23,24,25);/q;+1/p-1. The van der Waals surface area contributed by atoms with Gasteiger partial charge in [-0.15, -0.1) is 0 Å². The number of amides is 2. The van der Waals surface area contributed by atoms with Crippen molar-refractivity contribution >= 4 is 17.8 Å². The number of rotatable bonds is 5. The Bertz CT molecular complexity index is 808. The Labute approximate surface area is 174 Å². The second kappa shape index (κ2) is 8.62. The average Bonchev–Trinajstić information content (AvgIpc) is 2.62. The molecule has 1 aliphatic rings. The van der Waals surface area contributed by atoms with Gasteiger partial charge in [-0.2, -0.15) is 0 Å². The monoisotopic (exact) mass is 358 g/mol. The van der Waals surface area contributed by atoms with E-state index in [4.69, 9.17) is 0 Å². The van der Waals surface area contributed by atoms with Crippen LogP contribution in [0.25, 0.3) is 0 Å². The van der Waals surface area contributed by atoms with E-state index in [1.807, 2.05) is 67.6 Å². The van der Waals surface area contributed by atoms with Gasteiger partial charge in [0.25, 0.3) is 5.91 Å². The molecule has 2 unspecified atom stereocenters. The Morgan fingerprint density at radius 2 is 1.62 bits per heavy atom. The normalized spacial score (nSPS) is 20.6. The number of nitrogens with one attached hydrogen (secondary N) is 1. The van der Waals surface area contributed by atoms with E-state index in [0.29, 0.717) is 6.42 Å². The van der Waals surface area contributed by atoms with Crippen LogP contribution in [0.4, 0.5) is 0 Å². The molecule has 0 aromatic heterocycles. The molecular weight excluding hydrogens is 339 g/mol. The van der Waals surface area contributed by atoms with Gasteiger partial charge in [-0.3, -0.25) is 9.59 Å². The molecule has 2 atom stereocenters. The third kappa shape index (κ3) is 3.90. The second-order valence-electron chi connectivity index (χ2n) is 6.27. The summed E-state index contributed by atoms with van der Waals surface area (Å²) < 4.78 is 0. The van der Waals surface area contributed by atoms with Crippen molar-refractivity contribution in [3.8, 4) is 0 Å². The van der Waals surface area contributed by atoms with Crippen LogP contribution >= 0.6 is 0 Å². The number of hydrogen-bond acceptors (Lipinski definition) is 3. The summed E-state index contributed by atoms with van der Waals surface area (Å²) in [5, 5.41) is 13.7. The number of hydrogen-bond donors (Lipinski definition) is 1. The maximum absolute atomic E-state index is 12.8. The van der Waals surface area contributed by atoms with Crippen molar-refractivity contribution < 1.29 is 44.3 Å². The van der Waals surface area contributed by atoms with Crippen molar-refractivity contribution in [2.24, 2.45) is 10.4 Å². The largest absolute Gasteiger partial charge is 1.00 e. The van der Waals surface area contributed by atoms with E-state index in [9.17, 15) is 14.7 Å². The molecule has 0 radical (unpaired) electrons. The summed E-state index contributed by atoms with van der Waals surface area (Å²) in [6.45, 7) is 1.84. The van der Waals surface area contributed by atoms with Crippen LogP contribution in [0.5, 0.6) is 0 Å². The Balaban J connectivity index is 0.00000243. The minimum atomic E-state index is -1.38. The van der Waals surface area contributed by atoms with E-state index in [0.717, 1.165) is 11.1 Å². The first-order chi connectivity index (χ1) is 12.0. The van der Waals surface area contributed by atoms with Gasteiger partial charge in [0.2, 0.25) is 5.91 Å². The van der Waals surface area contributed by atoms with E-state index < -0.39 is 29.2 Å². The molecule has 1 heterocycles. The van der Waals surface area contributed by atoms with Crippen LogP contribution in [-0.4, -0.2) is 17.8 Å². The number of benzene rings is 2. The number of carbonyl (C=O) groups is 2. The molecule has 0 saturated heterocycles. The number of aliphatic imine (C=N–C) groups is 1. The molecule has 0 bridgehead atoms. The van der Waals surface area contributed by atoms with Crippen LogP contribution in [-0.2, 0) is 16.0 Å². The second-order valence-corrected chi connectivity index (χ2v) is 6.27. The molecule has 3 rings (SSSR count). The molecule has 2 amide bonds. The molecule has 2 aromatic rings. The van der Waals surface area contributed by atoms with Gasteiger partial charge in [-0.05, 0) is 24.0 Å². The predicted molar refractivity (Wildman–Crippen MR) is 92.6 cm³/mol. The zero-order chi connectivity index (χ0) is 17.9. The minimum absolute atomic E-state index is 0. The maximum atomic E-state index is 12.8. The summed E-state index contributed by atoms with van der Waals surface area (Å²) in [5.74, 6) is -1.62.